The molecule has 0 amide bonds. The molecule has 9 heteroatoms. The van der Waals surface area contributed by atoms with E-state index in [9.17, 15) is 4.39 Å². The highest BCUT2D eigenvalue weighted by molar-refractivity contribution is 5.75. The second-order valence-corrected chi connectivity index (χ2v) is 7.31. The van der Waals surface area contributed by atoms with Crippen molar-refractivity contribution in [1.82, 2.24) is 30.1 Å². The van der Waals surface area contributed by atoms with E-state index in [-0.39, 0.29) is 11.8 Å². The number of rotatable bonds is 6. The Hall–Kier alpha value is -3.49. The van der Waals surface area contributed by atoms with Gasteiger partial charge in [0.15, 0.2) is 5.82 Å². The van der Waals surface area contributed by atoms with Gasteiger partial charge in [-0.15, -0.1) is 0 Å². The first kappa shape index (κ1) is 17.6. The number of halogens is 1. The van der Waals surface area contributed by atoms with Crippen LogP contribution in [0.3, 0.4) is 0 Å². The van der Waals surface area contributed by atoms with E-state index in [1.807, 2.05) is 30.5 Å². The van der Waals surface area contributed by atoms with Gasteiger partial charge in [0.25, 0.3) is 0 Å². The first-order valence-corrected chi connectivity index (χ1v) is 9.57. The van der Waals surface area contributed by atoms with Crippen molar-refractivity contribution in [2.75, 3.05) is 17.7 Å². The molecule has 4 aromatic heterocycles. The molecule has 148 valence electrons. The summed E-state index contributed by atoms with van der Waals surface area (Å²) in [5, 5.41) is 13.4. The summed E-state index contributed by atoms with van der Waals surface area (Å²) < 4.78 is 13.3. The van der Waals surface area contributed by atoms with Crippen LogP contribution in [0.2, 0.25) is 0 Å². The van der Waals surface area contributed by atoms with Crippen LogP contribution in [0.1, 0.15) is 42.1 Å². The standard InChI is InChI=1S/C20H21FN8/c1-10(14-3-4-15-16(25-14)5-6-23-15)12-9-24-20(22-2)27-19(12)26-18-8-17(28-29-18)11-7-13(11)21/h3-6,8-11,13,23H,7H2,1-2H3,(H3,22,24,26,27,28,29)/t10-,11+,13-/m0/s1. The summed E-state index contributed by atoms with van der Waals surface area (Å²) in [6.45, 7) is 2.07. The summed E-state index contributed by atoms with van der Waals surface area (Å²) >= 11 is 0. The Morgan fingerprint density at radius 3 is 2.90 bits per heavy atom. The van der Waals surface area contributed by atoms with Crippen molar-refractivity contribution >= 4 is 28.6 Å². The maximum absolute atomic E-state index is 13.3. The van der Waals surface area contributed by atoms with Crippen molar-refractivity contribution in [3.63, 3.8) is 0 Å². The molecule has 29 heavy (non-hydrogen) atoms. The molecule has 0 radical (unpaired) electrons. The lowest BCUT2D eigenvalue weighted by Crippen LogP contribution is -2.08. The molecule has 3 atom stereocenters. The summed E-state index contributed by atoms with van der Waals surface area (Å²) in [6.07, 6.45) is 3.44. The van der Waals surface area contributed by atoms with Crippen LogP contribution in [0.4, 0.5) is 22.0 Å². The molecule has 0 bridgehead atoms. The molecular weight excluding hydrogens is 371 g/mol. The van der Waals surface area contributed by atoms with E-state index < -0.39 is 6.17 Å². The highest BCUT2D eigenvalue weighted by Gasteiger charge is 2.40. The van der Waals surface area contributed by atoms with E-state index in [0.717, 1.165) is 28.0 Å². The van der Waals surface area contributed by atoms with Gasteiger partial charge in [0.05, 0.1) is 11.0 Å². The lowest BCUT2D eigenvalue weighted by molar-refractivity contribution is 0.466. The molecule has 5 rings (SSSR count). The van der Waals surface area contributed by atoms with Crippen LogP contribution in [0.25, 0.3) is 11.0 Å². The van der Waals surface area contributed by atoms with Gasteiger partial charge in [0.2, 0.25) is 5.95 Å². The van der Waals surface area contributed by atoms with Crippen molar-refractivity contribution in [1.29, 1.82) is 0 Å². The summed E-state index contributed by atoms with van der Waals surface area (Å²) in [6, 6.07) is 7.81. The predicted molar refractivity (Wildman–Crippen MR) is 109 cm³/mol. The van der Waals surface area contributed by atoms with E-state index in [2.05, 4.69) is 42.7 Å². The molecule has 4 aromatic rings. The van der Waals surface area contributed by atoms with E-state index in [0.29, 0.717) is 24.0 Å². The highest BCUT2D eigenvalue weighted by atomic mass is 19.1. The maximum Gasteiger partial charge on any atom is 0.224 e. The fraction of sp³-hybridized carbons (Fsp3) is 0.300. The zero-order valence-electron chi connectivity index (χ0n) is 16.1. The van der Waals surface area contributed by atoms with Crippen LogP contribution in [-0.2, 0) is 0 Å². The van der Waals surface area contributed by atoms with Crippen LogP contribution in [0.5, 0.6) is 0 Å². The minimum atomic E-state index is -0.775. The van der Waals surface area contributed by atoms with Gasteiger partial charge in [0, 0.05) is 54.3 Å². The molecule has 0 aromatic carbocycles. The van der Waals surface area contributed by atoms with Crippen LogP contribution >= 0.6 is 0 Å². The van der Waals surface area contributed by atoms with Crippen LogP contribution in [-0.4, -0.2) is 43.4 Å². The molecular formula is C20H21FN8. The number of alkyl halides is 1. The number of hydrogen-bond acceptors (Lipinski definition) is 6. The number of pyridine rings is 1. The summed E-state index contributed by atoms with van der Waals surface area (Å²) in [5.41, 5.74) is 4.53. The Morgan fingerprint density at radius 2 is 2.10 bits per heavy atom. The Labute approximate surface area is 166 Å². The summed E-state index contributed by atoms with van der Waals surface area (Å²) in [7, 11) is 1.77. The van der Waals surface area contributed by atoms with Gasteiger partial charge in [-0.1, -0.05) is 6.92 Å². The topological polar surface area (TPSA) is 107 Å². The fourth-order valence-corrected chi connectivity index (χ4v) is 3.48. The Bertz CT molecular complexity index is 1170. The van der Waals surface area contributed by atoms with E-state index in [1.165, 1.54) is 0 Å². The van der Waals surface area contributed by atoms with Crippen LogP contribution in [0, 0.1) is 0 Å². The molecule has 0 saturated heterocycles. The Balaban J connectivity index is 1.48. The number of nitrogens with zero attached hydrogens (tertiary/aromatic N) is 4. The van der Waals surface area contributed by atoms with E-state index in [1.54, 1.807) is 13.2 Å². The number of nitrogens with one attached hydrogen (secondary N) is 4. The van der Waals surface area contributed by atoms with Crippen LogP contribution < -0.4 is 10.6 Å². The molecule has 0 aliphatic heterocycles. The first-order chi connectivity index (χ1) is 14.1. The smallest absolute Gasteiger partial charge is 0.224 e. The average Bonchev–Trinajstić information content (AvgIpc) is 3.12. The van der Waals surface area contributed by atoms with Gasteiger partial charge < -0.3 is 15.6 Å². The number of aromatic amines is 2. The second-order valence-electron chi connectivity index (χ2n) is 7.31. The number of H-pyrrole nitrogens is 2. The third-order valence-electron chi connectivity index (χ3n) is 5.33. The second kappa shape index (κ2) is 6.84. The van der Waals surface area contributed by atoms with Crippen molar-refractivity contribution < 1.29 is 4.39 Å². The SMILES string of the molecule is CNc1ncc([C@H](C)c2ccc3[nH]ccc3n2)c(Nc2cc([C@@H]3C[C@@H]3F)[nH]n2)n1. The maximum atomic E-state index is 13.3. The zero-order valence-corrected chi connectivity index (χ0v) is 16.1. The van der Waals surface area contributed by atoms with Crippen molar-refractivity contribution in [2.24, 2.45) is 0 Å². The zero-order chi connectivity index (χ0) is 20.0. The summed E-state index contributed by atoms with van der Waals surface area (Å²) in [4.78, 5) is 16.9. The van der Waals surface area contributed by atoms with Gasteiger partial charge in [-0.3, -0.25) is 10.1 Å². The third-order valence-corrected chi connectivity index (χ3v) is 5.33. The molecule has 4 heterocycles. The summed E-state index contributed by atoms with van der Waals surface area (Å²) in [5.74, 6) is 1.62. The van der Waals surface area contributed by atoms with Gasteiger partial charge in [-0.05, 0) is 24.6 Å². The minimum absolute atomic E-state index is 0.0419. The Kier molecular flexibility index (Phi) is 4.15. The molecule has 1 aliphatic carbocycles. The number of fused-ring (bicyclic) bond motifs is 1. The number of aromatic nitrogens is 6. The van der Waals surface area contributed by atoms with E-state index >= 15 is 0 Å². The largest absolute Gasteiger partial charge is 0.360 e. The Morgan fingerprint density at radius 1 is 1.24 bits per heavy atom. The van der Waals surface area contributed by atoms with Crippen molar-refractivity contribution in [3.8, 4) is 0 Å². The quantitative estimate of drug-likeness (QED) is 0.397. The van der Waals surface area contributed by atoms with Crippen molar-refractivity contribution in [2.45, 2.75) is 31.4 Å². The van der Waals surface area contributed by atoms with Crippen LogP contribution in [0.15, 0.2) is 36.7 Å². The van der Waals surface area contributed by atoms with Gasteiger partial charge in [-0.25, -0.2) is 9.37 Å². The van der Waals surface area contributed by atoms with Gasteiger partial charge in [-0.2, -0.15) is 10.1 Å². The highest BCUT2D eigenvalue weighted by Crippen LogP contribution is 2.43. The molecule has 8 nitrogen and oxygen atoms in total. The van der Waals surface area contributed by atoms with Gasteiger partial charge in [0.1, 0.15) is 12.0 Å². The van der Waals surface area contributed by atoms with E-state index in [4.69, 9.17) is 4.98 Å². The van der Waals surface area contributed by atoms with Crippen molar-refractivity contribution in [3.05, 3.63) is 53.6 Å². The molecule has 1 aliphatic rings. The van der Waals surface area contributed by atoms with Gasteiger partial charge >= 0.3 is 0 Å². The molecule has 1 saturated carbocycles. The monoisotopic (exact) mass is 392 g/mol. The first-order valence-electron chi connectivity index (χ1n) is 9.57. The lowest BCUT2D eigenvalue weighted by atomic mass is 9.98. The predicted octanol–water partition coefficient (Wildman–Crippen LogP) is 3.84. The molecule has 1 fully saturated rings. The number of anilines is 3. The molecule has 0 unspecified atom stereocenters. The third kappa shape index (κ3) is 3.28. The lowest BCUT2D eigenvalue weighted by Gasteiger charge is -2.16. The molecule has 0 spiro atoms. The normalized spacial score (nSPS) is 19.3. The molecule has 4 N–H and O–H groups in total. The minimum Gasteiger partial charge on any atom is -0.360 e. The fourth-order valence-electron chi connectivity index (χ4n) is 3.48. The number of hydrogen-bond donors (Lipinski definition) is 4. The average molecular weight is 392 g/mol.